The van der Waals surface area contributed by atoms with E-state index in [2.05, 4.69) is 10.2 Å². The standard InChI is InChI=1S/C19H29FN2O2/c20-15-5-7-19(8-6-15)24-14-18(23)13-21-16-9-11-22(12-10-16)17-3-1-2-4-17/h5-8,16-18,21,23H,1-4,9-14H2. The van der Waals surface area contributed by atoms with Gasteiger partial charge in [-0.3, -0.25) is 0 Å². The van der Waals surface area contributed by atoms with E-state index < -0.39 is 6.10 Å². The van der Waals surface area contributed by atoms with Gasteiger partial charge in [0.15, 0.2) is 0 Å². The maximum absolute atomic E-state index is 12.8. The molecule has 0 amide bonds. The maximum atomic E-state index is 12.8. The van der Waals surface area contributed by atoms with Crippen LogP contribution in [-0.4, -0.2) is 54.4 Å². The van der Waals surface area contributed by atoms with Crippen LogP contribution in [0.15, 0.2) is 24.3 Å². The number of aliphatic hydroxyl groups excluding tert-OH is 1. The highest BCUT2D eigenvalue weighted by molar-refractivity contribution is 5.22. The van der Waals surface area contributed by atoms with Crippen molar-refractivity contribution in [3.05, 3.63) is 30.1 Å². The molecule has 0 spiro atoms. The van der Waals surface area contributed by atoms with Crippen LogP contribution in [0.1, 0.15) is 38.5 Å². The zero-order chi connectivity index (χ0) is 16.8. The van der Waals surface area contributed by atoms with Crippen LogP contribution in [0.2, 0.25) is 0 Å². The van der Waals surface area contributed by atoms with Crippen LogP contribution in [0.25, 0.3) is 0 Å². The second-order valence-corrected chi connectivity index (χ2v) is 7.08. The van der Waals surface area contributed by atoms with Crippen molar-refractivity contribution >= 4 is 0 Å². The van der Waals surface area contributed by atoms with Crippen LogP contribution in [0.5, 0.6) is 5.75 Å². The topological polar surface area (TPSA) is 44.7 Å². The third-order valence-electron chi connectivity index (χ3n) is 5.27. The van der Waals surface area contributed by atoms with Crippen molar-refractivity contribution < 1.29 is 14.2 Å². The summed E-state index contributed by atoms with van der Waals surface area (Å²) in [4.78, 5) is 2.65. The van der Waals surface area contributed by atoms with Crippen molar-refractivity contribution in [1.29, 1.82) is 0 Å². The molecule has 24 heavy (non-hydrogen) atoms. The molecule has 1 atom stereocenters. The van der Waals surface area contributed by atoms with Crippen LogP contribution >= 0.6 is 0 Å². The Kier molecular flexibility index (Phi) is 6.46. The van der Waals surface area contributed by atoms with E-state index in [1.807, 2.05) is 0 Å². The zero-order valence-corrected chi connectivity index (χ0v) is 14.3. The molecular weight excluding hydrogens is 307 g/mol. The van der Waals surface area contributed by atoms with Gasteiger partial charge in [-0.2, -0.15) is 0 Å². The van der Waals surface area contributed by atoms with Gasteiger partial charge in [0.25, 0.3) is 0 Å². The first-order valence-electron chi connectivity index (χ1n) is 9.24. The van der Waals surface area contributed by atoms with Crippen LogP contribution in [0, 0.1) is 5.82 Å². The minimum Gasteiger partial charge on any atom is -0.491 e. The highest BCUT2D eigenvalue weighted by Gasteiger charge is 2.27. The number of halogens is 1. The number of aliphatic hydroxyl groups is 1. The molecule has 134 valence electrons. The van der Waals surface area contributed by atoms with Crippen LogP contribution < -0.4 is 10.1 Å². The Labute approximate surface area is 144 Å². The second kappa shape index (κ2) is 8.79. The lowest BCUT2D eigenvalue weighted by atomic mass is 10.0. The molecule has 5 heteroatoms. The van der Waals surface area contributed by atoms with Gasteiger partial charge in [-0.15, -0.1) is 0 Å². The zero-order valence-electron chi connectivity index (χ0n) is 14.3. The van der Waals surface area contributed by atoms with Gasteiger partial charge in [-0.1, -0.05) is 12.8 Å². The second-order valence-electron chi connectivity index (χ2n) is 7.08. The number of benzene rings is 1. The number of likely N-dealkylation sites (tertiary alicyclic amines) is 1. The highest BCUT2D eigenvalue weighted by Crippen LogP contribution is 2.26. The number of piperidine rings is 1. The Balaban J connectivity index is 1.30. The van der Waals surface area contributed by atoms with Gasteiger partial charge in [-0.25, -0.2) is 4.39 Å². The fourth-order valence-corrected chi connectivity index (χ4v) is 3.82. The molecule has 1 saturated carbocycles. The van der Waals surface area contributed by atoms with Crippen LogP contribution in [0.4, 0.5) is 4.39 Å². The number of nitrogens with zero attached hydrogens (tertiary/aromatic N) is 1. The average Bonchev–Trinajstić information content (AvgIpc) is 3.14. The molecule has 4 nitrogen and oxygen atoms in total. The first-order chi connectivity index (χ1) is 11.7. The molecule has 2 aliphatic rings. The van der Waals surface area contributed by atoms with E-state index in [-0.39, 0.29) is 12.4 Å². The van der Waals surface area contributed by atoms with Crippen molar-refractivity contribution in [1.82, 2.24) is 10.2 Å². The van der Waals surface area contributed by atoms with Crippen molar-refractivity contribution in [2.24, 2.45) is 0 Å². The Morgan fingerprint density at radius 3 is 2.46 bits per heavy atom. The van der Waals surface area contributed by atoms with E-state index in [4.69, 9.17) is 4.74 Å². The Bertz CT molecular complexity index is 483. The number of ether oxygens (including phenoxy) is 1. The molecule has 0 radical (unpaired) electrons. The Morgan fingerprint density at radius 1 is 1.12 bits per heavy atom. The third-order valence-corrected chi connectivity index (χ3v) is 5.27. The summed E-state index contributed by atoms with van der Waals surface area (Å²) in [6.45, 7) is 3.10. The van der Waals surface area contributed by atoms with Crippen molar-refractivity contribution in [2.45, 2.75) is 56.7 Å². The highest BCUT2D eigenvalue weighted by atomic mass is 19.1. The molecule has 1 aromatic carbocycles. The first kappa shape index (κ1) is 17.6. The Morgan fingerprint density at radius 2 is 1.79 bits per heavy atom. The molecule has 1 heterocycles. The van der Waals surface area contributed by atoms with Crippen LogP contribution in [-0.2, 0) is 0 Å². The lowest BCUT2D eigenvalue weighted by Crippen LogP contribution is -2.47. The largest absolute Gasteiger partial charge is 0.491 e. The predicted octanol–water partition coefficient (Wildman–Crippen LogP) is 2.56. The summed E-state index contributed by atoms with van der Waals surface area (Å²) in [6, 6.07) is 7.18. The van der Waals surface area contributed by atoms with E-state index in [0.29, 0.717) is 18.3 Å². The minimum atomic E-state index is -0.553. The van der Waals surface area contributed by atoms with Crippen molar-refractivity contribution in [3.8, 4) is 5.75 Å². The molecule has 2 N–H and O–H groups in total. The molecule has 3 rings (SSSR count). The lowest BCUT2D eigenvalue weighted by Gasteiger charge is -2.36. The quantitative estimate of drug-likeness (QED) is 0.803. The summed E-state index contributed by atoms with van der Waals surface area (Å²) in [5.74, 6) is 0.300. The summed E-state index contributed by atoms with van der Waals surface area (Å²) in [7, 11) is 0. The first-order valence-corrected chi connectivity index (χ1v) is 9.24. The number of nitrogens with one attached hydrogen (secondary N) is 1. The van der Waals surface area contributed by atoms with E-state index in [9.17, 15) is 9.50 Å². The van der Waals surface area contributed by atoms with Gasteiger partial charge in [0.1, 0.15) is 24.3 Å². The van der Waals surface area contributed by atoms with E-state index in [1.165, 1.54) is 50.9 Å². The monoisotopic (exact) mass is 336 g/mol. The number of hydrogen-bond donors (Lipinski definition) is 2. The Hall–Kier alpha value is -1.17. The summed E-state index contributed by atoms with van der Waals surface area (Å²) in [5.41, 5.74) is 0. The molecular formula is C19H29FN2O2. The number of rotatable bonds is 7. The molecule has 1 aromatic rings. The summed E-state index contributed by atoms with van der Waals surface area (Å²) in [5, 5.41) is 13.5. The molecule has 1 aliphatic carbocycles. The molecule has 1 unspecified atom stereocenters. The minimum absolute atomic E-state index is 0.222. The van der Waals surface area contributed by atoms with Gasteiger partial charge < -0.3 is 20.1 Å². The smallest absolute Gasteiger partial charge is 0.123 e. The maximum Gasteiger partial charge on any atom is 0.123 e. The van der Waals surface area contributed by atoms with E-state index in [0.717, 1.165) is 18.9 Å². The summed E-state index contributed by atoms with van der Waals surface area (Å²) < 4.78 is 18.3. The lowest BCUT2D eigenvalue weighted by molar-refractivity contribution is 0.0943. The predicted molar refractivity (Wildman–Crippen MR) is 92.8 cm³/mol. The number of hydrogen-bond acceptors (Lipinski definition) is 4. The van der Waals surface area contributed by atoms with Gasteiger partial charge in [0, 0.05) is 18.6 Å². The van der Waals surface area contributed by atoms with E-state index in [1.54, 1.807) is 12.1 Å². The molecule has 0 aromatic heterocycles. The van der Waals surface area contributed by atoms with E-state index >= 15 is 0 Å². The van der Waals surface area contributed by atoms with Gasteiger partial charge >= 0.3 is 0 Å². The normalized spacial score (nSPS) is 21.9. The molecule has 0 bridgehead atoms. The average molecular weight is 336 g/mol. The summed E-state index contributed by atoms with van der Waals surface area (Å²) >= 11 is 0. The SMILES string of the molecule is OC(CNC1CCN(C2CCCC2)CC1)COc1ccc(F)cc1. The van der Waals surface area contributed by atoms with Gasteiger partial charge in [-0.05, 0) is 63.0 Å². The third kappa shape index (κ3) is 5.16. The summed E-state index contributed by atoms with van der Waals surface area (Å²) in [6.07, 6.45) is 7.29. The van der Waals surface area contributed by atoms with Crippen LogP contribution in [0.3, 0.4) is 0 Å². The molecule has 1 aliphatic heterocycles. The van der Waals surface area contributed by atoms with Gasteiger partial charge in [0.2, 0.25) is 0 Å². The molecule has 1 saturated heterocycles. The fourth-order valence-electron chi connectivity index (χ4n) is 3.82. The van der Waals surface area contributed by atoms with Gasteiger partial charge in [0.05, 0.1) is 0 Å². The van der Waals surface area contributed by atoms with Crippen molar-refractivity contribution in [3.63, 3.8) is 0 Å². The molecule has 2 fully saturated rings. The fraction of sp³-hybridized carbons (Fsp3) is 0.684. The van der Waals surface area contributed by atoms with Crippen molar-refractivity contribution in [2.75, 3.05) is 26.2 Å².